The summed E-state index contributed by atoms with van der Waals surface area (Å²) >= 11 is 0. The third-order valence-electron chi connectivity index (χ3n) is 10.8. The van der Waals surface area contributed by atoms with E-state index in [1.165, 1.54) is 83.5 Å². The van der Waals surface area contributed by atoms with Crippen LogP contribution in [0.2, 0.25) is 0 Å². The van der Waals surface area contributed by atoms with Gasteiger partial charge in [-0.1, -0.05) is 173 Å². The Bertz CT molecular complexity index is 1140. The number of hydrogen-bond acceptors (Lipinski definition) is 10. The van der Waals surface area contributed by atoms with Crippen LogP contribution in [0.4, 0.5) is 0 Å². The molecule has 0 amide bonds. The van der Waals surface area contributed by atoms with Gasteiger partial charge in [0.2, 0.25) is 0 Å². The molecule has 0 fully saturated rings. The molecule has 0 bridgehead atoms. The van der Waals surface area contributed by atoms with Crippen LogP contribution in [0.3, 0.4) is 0 Å². The molecule has 0 saturated heterocycles. The van der Waals surface area contributed by atoms with Crippen molar-refractivity contribution in [3.05, 3.63) is 24.3 Å². The van der Waals surface area contributed by atoms with Gasteiger partial charge >= 0.3 is 25.7 Å². The molecule has 0 aromatic carbocycles. The van der Waals surface area contributed by atoms with Gasteiger partial charge in [-0.15, -0.1) is 0 Å². The summed E-state index contributed by atoms with van der Waals surface area (Å²) in [6, 6.07) is 0. The lowest BCUT2D eigenvalue weighted by molar-refractivity contribution is -0.161. The summed E-state index contributed by atoms with van der Waals surface area (Å²) in [5, 5.41) is 9.73. The second-order valence-electron chi connectivity index (χ2n) is 17.0. The normalized spacial score (nSPS) is 13.7. The van der Waals surface area contributed by atoms with Gasteiger partial charge in [0.05, 0.1) is 19.8 Å². The lowest BCUT2D eigenvalue weighted by atomic mass is 10.1. The van der Waals surface area contributed by atoms with Crippen molar-refractivity contribution >= 4 is 25.7 Å². The molecule has 3 atom stereocenters. The molecule has 2 N–H and O–H groups in total. The average Bonchev–Trinajstić information content (AvgIpc) is 3.25. The molecule has 11 nitrogen and oxygen atoms in total. The molecule has 0 aromatic rings. The molecule has 0 spiro atoms. The zero-order valence-corrected chi connectivity index (χ0v) is 40.7. The Labute approximate surface area is 378 Å². The molecule has 12 heteroatoms. The lowest BCUT2D eigenvalue weighted by Gasteiger charge is -2.21. The van der Waals surface area contributed by atoms with Crippen molar-refractivity contribution in [1.82, 2.24) is 0 Å². The fourth-order valence-corrected chi connectivity index (χ4v) is 7.72. The monoisotopic (exact) mass is 901 g/mol. The third-order valence-corrected chi connectivity index (χ3v) is 11.8. The molecule has 0 aliphatic rings. The number of aliphatic hydroxyl groups is 1. The van der Waals surface area contributed by atoms with Crippen LogP contribution in [0, 0.1) is 0 Å². The van der Waals surface area contributed by atoms with E-state index in [1.807, 2.05) is 0 Å². The van der Waals surface area contributed by atoms with Crippen molar-refractivity contribution in [2.24, 2.45) is 0 Å². The summed E-state index contributed by atoms with van der Waals surface area (Å²) in [5.74, 6) is -1.48. The Morgan fingerprint density at radius 1 is 0.435 bits per heavy atom. The van der Waals surface area contributed by atoms with E-state index in [4.69, 9.17) is 23.3 Å². The first-order valence-corrected chi connectivity index (χ1v) is 26.7. The fraction of sp³-hybridized carbons (Fsp3) is 0.860. The quantitative estimate of drug-likeness (QED) is 0.0197. The Hall–Kier alpha value is -2.04. The summed E-state index contributed by atoms with van der Waals surface area (Å²) in [6.07, 6.45) is 41.5. The molecule has 3 unspecified atom stereocenters. The fourth-order valence-electron chi connectivity index (χ4n) is 6.93. The maximum atomic E-state index is 12.8. The first kappa shape index (κ1) is 60.0. The van der Waals surface area contributed by atoms with Crippen molar-refractivity contribution in [1.29, 1.82) is 0 Å². The molecule has 0 aliphatic carbocycles. The van der Waals surface area contributed by atoms with Crippen LogP contribution >= 0.6 is 7.82 Å². The first-order chi connectivity index (χ1) is 30.2. The summed E-state index contributed by atoms with van der Waals surface area (Å²) < 4.78 is 39.2. The zero-order chi connectivity index (χ0) is 45.6. The number of esters is 3. The van der Waals surface area contributed by atoms with Crippen molar-refractivity contribution in [3.63, 3.8) is 0 Å². The lowest BCUT2D eigenvalue weighted by Crippen LogP contribution is -2.30. The van der Waals surface area contributed by atoms with E-state index in [1.54, 1.807) is 0 Å². The van der Waals surface area contributed by atoms with Crippen molar-refractivity contribution in [2.75, 3.05) is 26.4 Å². The minimum atomic E-state index is -4.73. The molecule has 364 valence electrons. The van der Waals surface area contributed by atoms with Gasteiger partial charge in [-0.3, -0.25) is 23.4 Å². The smallest absolute Gasteiger partial charge is 0.462 e. The van der Waals surface area contributed by atoms with E-state index in [2.05, 4.69) is 45.1 Å². The molecule has 0 aromatic heterocycles. The minimum Gasteiger partial charge on any atom is -0.462 e. The van der Waals surface area contributed by atoms with E-state index in [0.29, 0.717) is 19.3 Å². The topological polar surface area (TPSA) is 155 Å². The van der Waals surface area contributed by atoms with Gasteiger partial charge in [0.25, 0.3) is 0 Å². The SMILES string of the molecule is CCCCCC/C=C\CCCCCCCC(=O)OCC(COP(=O)(O)OCC(CO)OC(=O)CCCCCCCCCCC)OC(=O)CCCCCCC/C=C\CCCCCC. The molecule has 0 heterocycles. The highest BCUT2D eigenvalue weighted by Gasteiger charge is 2.28. The summed E-state index contributed by atoms with van der Waals surface area (Å²) in [5.41, 5.74) is 0. The summed E-state index contributed by atoms with van der Waals surface area (Å²) in [6.45, 7) is 4.57. The molecule has 0 saturated carbocycles. The highest BCUT2D eigenvalue weighted by molar-refractivity contribution is 7.47. The van der Waals surface area contributed by atoms with Gasteiger partial charge in [-0.05, 0) is 70.6 Å². The minimum absolute atomic E-state index is 0.159. The Morgan fingerprint density at radius 2 is 0.742 bits per heavy atom. The van der Waals surface area contributed by atoms with E-state index in [0.717, 1.165) is 96.3 Å². The highest BCUT2D eigenvalue weighted by atomic mass is 31.2. The number of carbonyl (C=O) groups excluding carboxylic acids is 3. The van der Waals surface area contributed by atoms with E-state index in [-0.39, 0.29) is 25.9 Å². The van der Waals surface area contributed by atoms with Crippen molar-refractivity contribution in [2.45, 2.75) is 251 Å². The van der Waals surface area contributed by atoms with Crippen molar-refractivity contribution in [3.8, 4) is 0 Å². The van der Waals surface area contributed by atoms with Crippen LogP contribution in [0.5, 0.6) is 0 Å². The number of phosphoric ester groups is 1. The highest BCUT2D eigenvalue weighted by Crippen LogP contribution is 2.43. The number of aliphatic hydroxyl groups excluding tert-OH is 1. The second kappa shape index (κ2) is 45.5. The van der Waals surface area contributed by atoms with Gasteiger partial charge in [0, 0.05) is 19.3 Å². The van der Waals surface area contributed by atoms with Crippen LogP contribution in [-0.4, -0.2) is 66.5 Å². The predicted molar refractivity (Wildman–Crippen MR) is 252 cm³/mol. The molecule has 0 aliphatic heterocycles. The molecule has 62 heavy (non-hydrogen) atoms. The van der Waals surface area contributed by atoms with Crippen LogP contribution in [0.15, 0.2) is 24.3 Å². The average molecular weight is 901 g/mol. The zero-order valence-electron chi connectivity index (χ0n) is 39.9. The van der Waals surface area contributed by atoms with Crippen LogP contribution < -0.4 is 0 Å². The van der Waals surface area contributed by atoms with E-state index >= 15 is 0 Å². The second-order valence-corrected chi connectivity index (χ2v) is 18.4. The number of ether oxygens (including phenoxy) is 3. The Kier molecular flexibility index (Phi) is 44.0. The number of phosphoric acid groups is 1. The first-order valence-electron chi connectivity index (χ1n) is 25.2. The number of carbonyl (C=O) groups is 3. The van der Waals surface area contributed by atoms with Crippen molar-refractivity contribution < 1.29 is 52.2 Å². The van der Waals surface area contributed by atoms with Gasteiger partial charge in [0.15, 0.2) is 6.10 Å². The van der Waals surface area contributed by atoms with Gasteiger partial charge < -0.3 is 24.2 Å². The third kappa shape index (κ3) is 43.2. The molecule has 0 radical (unpaired) electrons. The number of allylic oxidation sites excluding steroid dienone is 4. The van der Waals surface area contributed by atoms with Crippen LogP contribution in [-0.2, 0) is 42.2 Å². The number of unbranched alkanes of at least 4 members (excludes halogenated alkanes) is 26. The largest absolute Gasteiger partial charge is 0.472 e. The standard InChI is InChI=1S/C50H93O11P/c1-4-7-10-13-16-19-21-23-25-28-30-33-36-39-48(52)57-43-47(61-50(54)41-38-35-32-29-26-24-22-20-17-14-11-8-5-2)45-59-62(55,56)58-44-46(42-51)60-49(53)40-37-34-31-27-18-15-12-9-6-3/h19-22,46-47,51H,4-18,23-45H2,1-3H3,(H,55,56)/b21-19-,22-20-. The summed E-state index contributed by atoms with van der Waals surface area (Å²) in [4.78, 5) is 48.1. The maximum Gasteiger partial charge on any atom is 0.472 e. The molecular weight excluding hydrogens is 808 g/mol. The predicted octanol–water partition coefficient (Wildman–Crippen LogP) is 13.9. The number of rotatable bonds is 47. The molecular formula is C50H93O11P. The van der Waals surface area contributed by atoms with Gasteiger partial charge in [0.1, 0.15) is 12.7 Å². The van der Waals surface area contributed by atoms with Crippen LogP contribution in [0.1, 0.15) is 239 Å². The molecule has 0 rings (SSSR count). The Balaban J connectivity index is 4.76. The number of hydrogen-bond donors (Lipinski definition) is 2. The van der Waals surface area contributed by atoms with Crippen LogP contribution in [0.25, 0.3) is 0 Å². The maximum absolute atomic E-state index is 12.8. The van der Waals surface area contributed by atoms with E-state index < -0.39 is 57.8 Å². The van der Waals surface area contributed by atoms with E-state index in [9.17, 15) is 28.9 Å². The summed E-state index contributed by atoms with van der Waals surface area (Å²) in [7, 11) is -4.73. The van der Waals surface area contributed by atoms with Gasteiger partial charge in [-0.25, -0.2) is 4.57 Å². The van der Waals surface area contributed by atoms with Gasteiger partial charge in [-0.2, -0.15) is 0 Å². The Morgan fingerprint density at radius 3 is 1.13 bits per heavy atom.